The minimum atomic E-state index is -0.959. The summed E-state index contributed by atoms with van der Waals surface area (Å²) in [5, 5.41) is 12.0. The molecule has 98 valence electrons. The van der Waals surface area contributed by atoms with Crippen LogP contribution in [0.4, 0.5) is 11.5 Å². The standard InChI is InChI=1S/C13H12BrN3O2/c1-7-6-15-8(2)12(16-7)17-11-4-3-9(13(18)19)5-10(11)14/h3-6H,1-2H3,(H,16,17)(H,18,19). The molecule has 0 spiro atoms. The molecular weight excluding hydrogens is 310 g/mol. The van der Waals surface area contributed by atoms with Gasteiger partial charge in [-0.3, -0.25) is 4.98 Å². The lowest BCUT2D eigenvalue weighted by Crippen LogP contribution is -2.02. The number of halogens is 1. The molecule has 0 aliphatic carbocycles. The fourth-order valence-electron chi connectivity index (χ4n) is 1.53. The molecule has 1 aromatic carbocycles. The van der Waals surface area contributed by atoms with Gasteiger partial charge < -0.3 is 10.4 Å². The molecule has 0 fully saturated rings. The number of hydrogen-bond acceptors (Lipinski definition) is 4. The molecule has 0 bridgehead atoms. The molecule has 0 saturated carbocycles. The summed E-state index contributed by atoms with van der Waals surface area (Å²) in [4.78, 5) is 19.4. The van der Waals surface area contributed by atoms with Crippen molar-refractivity contribution in [3.63, 3.8) is 0 Å². The van der Waals surface area contributed by atoms with Gasteiger partial charge in [0.25, 0.3) is 0 Å². The zero-order valence-electron chi connectivity index (χ0n) is 10.4. The van der Waals surface area contributed by atoms with Gasteiger partial charge in [0.2, 0.25) is 0 Å². The van der Waals surface area contributed by atoms with Gasteiger partial charge in [-0.25, -0.2) is 9.78 Å². The molecule has 19 heavy (non-hydrogen) atoms. The first-order valence-corrected chi connectivity index (χ1v) is 6.37. The number of nitrogens with zero attached hydrogens (tertiary/aromatic N) is 2. The van der Waals surface area contributed by atoms with Gasteiger partial charge in [-0.15, -0.1) is 0 Å². The third kappa shape index (κ3) is 3.08. The molecule has 0 amide bonds. The molecule has 0 radical (unpaired) electrons. The molecule has 0 saturated heterocycles. The molecule has 1 heterocycles. The van der Waals surface area contributed by atoms with Crippen molar-refractivity contribution in [1.82, 2.24) is 9.97 Å². The largest absolute Gasteiger partial charge is 0.478 e. The first-order valence-electron chi connectivity index (χ1n) is 5.57. The van der Waals surface area contributed by atoms with E-state index in [-0.39, 0.29) is 5.56 Å². The molecule has 2 N–H and O–H groups in total. The predicted molar refractivity (Wildman–Crippen MR) is 75.9 cm³/mol. The number of rotatable bonds is 3. The maximum Gasteiger partial charge on any atom is 0.335 e. The van der Waals surface area contributed by atoms with Crippen molar-refractivity contribution in [3.05, 3.63) is 45.8 Å². The minimum Gasteiger partial charge on any atom is -0.478 e. The fraction of sp³-hybridized carbons (Fsp3) is 0.154. The van der Waals surface area contributed by atoms with Gasteiger partial charge in [-0.1, -0.05) is 0 Å². The average molecular weight is 322 g/mol. The Kier molecular flexibility index (Phi) is 3.80. The summed E-state index contributed by atoms with van der Waals surface area (Å²) in [5.74, 6) is -0.303. The molecule has 0 aliphatic heterocycles. The van der Waals surface area contributed by atoms with Crippen molar-refractivity contribution >= 4 is 33.4 Å². The predicted octanol–water partition coefficient (Wildman–Crippen LogP) is 3.30. The summed E-state index contributed by atoms with van der Waals surface area (Å²) in [5.41, 5.74) is 2.56. The Morgan fingerprint density at radius 1 is 1.37 bits per heavy atom. The number of carboxylic acids is 1. The lowest BCUT2D eigenvalue weighted by Gasteiger charge is -2.10. The fourth-order valence-corrected chi connectivity index (χ4v) is 2.01. The Morgan fingerprint density at radius 3 is 2.74 bits per heavy atom. The Morgan fingerprint density at radius 2 is 2.11 bits per heavy atom. The van der Waals surface area contributed by atoms with E-state index >= 15 is 0 Å². The van der Waals surface area contributed by atoms with Crippen LogP contribution in [-0.4, -0.2) is 21.0 Å². The molecule has 5 nitrogen and oxygen atoms in total. The van der Waals surface area contributed by atoms with Crippen molar-refractivity contribution in [2.45, 2.75) is 13.8 Å². The van der Waals surface area contributed by atoms with E-state index < -0.39 is 5.97 Å². The number of aryl methyl sites for hydroxylation is 2. The number of hydrogen-bond donors (Lipinski definition) is 2. The topological polar surface area (TPSA) is 75.1 Å². The van der Waals surface area contributed by atoms with Crippen molar-refractivity contribution in [2.75, 3.05) is 5.32 Å². The van der Waals surface area contributed by atoms with E-state index in [1.165, 1.54) is 6.07 Å². The van der Waals surface area contributed by atoms with E-state index in [0.29, 0.717) is 10.3 Å². The van der Waals surface area contributed by atoms with Crippen LogP contribution in [0.25, 0.3) is 0 Å². The molecular formula is C13H12BrN3O2. The third-order valence-electron chi connectivity index (χ3n) is 2.55. The molecule has 0 unspecified atom stereocenters. The Hall–Kier alpha value is -1.95. The monoisotopic (exact) mass is 321 g/mol. The van der Waals surface area contributed by atoms with E-state index in [4.69, 9.17) is 5.11 Å². The van der Waals surface area contributed by atoms with Gasteiger partial charge in [0.1, 0.15) is 0 Å². The second-order valence-corrected chi connectivity index (χ2v) is 4.92. The SMILES string of the molecule is Cc1cnc(C)c(Nc2ccc(C(=O)O)cc2Br)n1. The van der Waals surface area contributed by atoms with Gasteiger partial charge in [0, 0.05) is 10.7 Å². The van der Waals surface area contributed by atoms with E-state index in [2.05, 4.69) is 31.2 Å². The van der Waals surface area contributed by atoms with E-state index in [9.17, 15) is 4.79 Å². The van der Waals surface area contributed by atoms with Gasteiger partial charge in [-0.05, 0) is 48.0 Å². The van der Waals surface area contributed by atoms with Crippen LogP contribution < -0.4 is 5.32 Å². The van der Waals surface area contributed by atoms with Gasteiger partial charge in [0.15, 0.2) is 5.82 Å². The maximum atomic E-state index is 10.9. The maximum absolute atomic E-state index is 10.9. The van der Waals surface area contributed by atoms with Crippen LogP contribution >= 0.6 is 15.9 Å². The van der Waals surface area contributed by atoms with Crippen molar-refractivity contribution in [3.8, 4) is 0 Å². The van der Waals surface area contributed by atoms with E-state index in [0.717, 1.165) is 17.1 Å². The summed E-state index contributed by atoms with van der Waals surface area (Å²) in [6, 6.07) is 4.77. The first kappa shape index (κ1) is 13.5. The van der Waals surface area contributed by atoms with Crippen LogP contribution in [0.1, 0.15) is 21.7 Å². The number of aromatic carboxylic acids is 1. The molecule has 2 aromatic rings. The number of carbonyl (C=O) groups is 1. The highest BCUT2D eigenvalue weighted by Crippen LogP contribution is 2.27. The van der Waals surface area contributed by atoms with Crippen LogP contribution in [0, 0.1) is 13.8 Å². The highest BCUT2D eigenvalue weighted by Gasteiger charge is 2.09. The summed E-state index contributed by atoms with van der Waals surface area (Å²) < 4.78 is 0.662. The summed E-state index contributed by atoms with van der Waals surface area (Å²) in [6.45, 7) is 3.72. The smallest absolute Gasteiger partial charge is 0.335 e. The van der Waals surface area contributed by atoms with Crippen LogP contribution in [0.5, 0.6) is 0 Å². The number of carboxylic acid groups (broad SMARTS) is 1. The zero-order valence-corrected chi connectivity index (χ0v) is 12.0. The van der Waals surface area contributed by atoms with Crippen LogP contribution in [0.2, 0.25) is 0 Å². The Labute approximate surface area is 118 Å². The first-order chi connectivity index (χ1) is 8.97. The molecule has 0 atom stereocenters. The Bertz CT molecular complexity index is 644. The highest BCUT2D eigenvalue weighted by molar-refractivity contribution is 9.10. The lowest BCUT2D eigenvalue weighted by molar-refractivity contribution is 0.0697. The number of anilines is 2. The van der Waals surface area contributed by atoms with Crippen LogP contribution in [-0.2, 0) is 0 Å². The van der Waals surface area contributed by atoms with Gasteiger partial charge in [-0.2, -0.15) is 0 Å². The van der Waals surface area contributed by atoms with Crippen molar-refractivity contribution in [2.24, 2.45) is 0 Å². The lowest BCUT2D eigenvalue weighted by atomic mass is 10.2. The van der Waals surface area contributed by atoms with Gasteiger partial charge in [0.05, 0.1) is 22.6 Å². The molecule has 2 rings (SSSR count). The number of aromatic nitrogens is 2. The minimum absolute atomic E-state index is 0.226. The summed E-state index contributed by atoms with van der Waals surface area (Å²) >= 11 is 3.34. The van der Waals surface area contributed by atoms with E-state index in [1.54, 1.807) is 18.3 Å². The summed E-state index contributed by atoms with van der Waals surface area (Å²) in [7, 11) is 0. The third-order valence-corrected chi connectivity index (χ3v) is 3.20. The molecule has 1 aromatic heterocycles. The Balaban J connectivity index is 2.33. The van der Waals surface area contributed by atoms with Crippen molar-refractivity contribution < 1.29 is 9.90 Å². The normalized spacial score (nSPS) is 10.3. The van der Waals surface area contributed by atoms with E-state index in [1.807, 2.05) is 13.8 Å². The molecule has 6 heteroatoms. The molecule has 0 aliphatic rings. The van der Waals surface area contributed by atoms with Crippen LogP contribution in [0.15, 0.2) is 28.9 Å². The highest BCUT2D eigenvalue weighted by atomic mass is 79.9. The second-order valence-electron chi connectivity index (χ2n) is 4.07. The zero-order chi connectivity index (χ0) is 14.0. The van der Waals surface area contributed by atoms with Crippen LogP contribution in [0.3, 0.4) is 0 Å². The average Bonchev–Trinajstić information content (AvgIpc) is 2.36. The number of benzene rings is 1. The second kappa shape index (κ2) is 5.36. The number of nitrogens with one attached hydrogen (secondary N) is 1. The summed E-state index contributed by atoms with van der Waals surface area (Å²) in [6.07, 6.45) is 1.70. The quantitative estimate of drug-likeness (QED) is 0.907. The van der Waals surface area contributed by atoms with Crippen molar-refractivity contribution in [1.29, 1.82) is 0 Å². The van der Waals surface area contributed by atoms with Gasteiger partial charge >= 0.3 is 5.97 Å².